The summed E-state index contributed by atoms with van der Waals surface area (Å²) in [4.78, 5) is 39.4. The number of ether oxygens (including phenoxy) is 1. The van der Waals surface area contributed by atoms with E-state index in [-0.39, 0.29) is 34.7 Å². The molecule has 11 nitrogen and oxygen atoms in total. The van der Waals surface area contributed by atoms with Crippen molar-refractivity contribution in [3.63, 3.8) is 0 Å². The summed E-state index contributed by atoms with van der Waals surface area (Å²) >= 11 is 0. The van der Waals surface area contributed by atoms with Gasteiger partial charge in [0.1, 0.15) is 5.82 Å². The number of guanidine groups is 1. The average molecular weight is 416 g/mol. The largest absolute Gasteiger partial charge is 0.382 e. The maximum absolute atomic E-state index is 12.7. The Morgan fingerprint density at radius 3 is 2.57 bits per heavy atom. The molecular weight excluding hydrogens is 388 g/mol. The van der Waals surface area contributed by atoms with Crippen LogP contribution in [0.1, 0.15) is 41.9 Å². The van der Waals surface area contributed by atoms with Crippen LogP contribution < -0.4 is 22.1 Å². The summed E-state index contributed by atoms with van der Waals surface area (Å²) < 4.78 is 5.36. The van der Waals surface area contributed by atoms with Gasteiger partial charge in [-0.3, -0.25) is 9.59 Å². The minimum Gasteiger partial charge on any atom is -0.382 e. The first-order valence-electron chi connectivity index (χ1n) is 10.3. The van der Waals surface area contributed by atoms with E-state index in [9.17, 15) is 9.59 Å². The van der Waals surface area contributed by atoms with Crippen molar-refractivity contribution in [3.8, 4) is 0 Å². The van der Waals surface area contributed by atoms with Crippen molar-refractivity contribution >= 4 is 29.4 Å². The molecule has 0 aliphatic carbocycles. The number of nitrogens with one attached hydrogen (secondary N) is 2. The van der Waals surface area contributed by atoms with Crippen molar-refractivity contribution in [3.05, 3.63) is 11.4 Å². The molecule has 162 valence electrons. The van der Waals surface area contributed by atoms with Crippen molar-refractivity contribution in [1.29, 1.82) is 0 Å². The predicted octanol–water partition coefficient (Wildman–Crippen LogP) is -0.574. The van der Waals surface area contributed by atoms with Crippen molar-refractivity contribution in [1.82, 2.24) is 25.5 Å². The van der Waals surface area contributed by atoms with Crippen LogP contribution in [0.4, 0.5) is 11.6 Å². The van der Waals surface area contributed by atoms with Gasteiger partial charge in [-0.05, 0) is 32.6 Å². The molecule has 0 saturated carbocycles. The van der Waals surface area contributed by atoms with Crippen LogP contribution in [0.2, 0.25) is 0 Å². The van der Waals surface area contributed by atoms with E-state index in [4.69, 9.17) is 16.2 Å². The molecule has 0 bridgehead atoms. The van der Waals surface area contributed by atoms with E-state index in [0.717, 1.165) is 25.7 Å². The summed E-state index contributed by atoms with van der Waals surface area (Å²) in [5.41, 5.74) is 11.6. The molecule has 11 heteroatoms. The molecule has 0 radical (unpaired) electrons. The molecule has 1 aromatic heterocycles. The zero-order valence-electron chi connectivity index (χ0n) is 17.1. The van der Waals surface area contributed by atoms with Gasteiger partial charge in [0.2, 0.25) is 5.91 Å². The van der Waals surface area contributed by atoms with Crippen molar-refractivity contribution < 1.29 is 14.3 Å². The van der Waals surface area contributed by atoms with E-state index < -0.39 is 5.91 Å². The van der Waals surface area contributed by atoms with E-state index in [1.165, 1.54) is 0 Å². The van der Waals surface area contributed by atoms with Crippen LogP contribution in [0.5, 0.6) is 0 Å². The Kier molecular flexibility index (Phi) is 5.46. The number of hydrogen-bond donors (Lipinski definition) is 4. The van der Waals surface area contributed by atoms with E-state index >= 15 is 0 Å². The molecular formula is C19H28N8O3. The van der Waals surface area contributed by atoms with Gasteiger partial charge in [-0.15, -0.1) is 0 Å². The highest BCUT2D eigenvalue weighted by molar-refractivity contribution is 6.04. The van der Waals surface area contributed by atoms with Crippen LogP contribution in [0, 0.1) is 12.8 Å². The zero-order valence-corrected chi connectivity index (χ0v) is 17.1. The number of likely N-dealkylation sites (tertiary alicyclic amines) is 1. The van der Waals surface area contributed by atoms with Crippen molar-refractivity contribution in [2.24, 2.45) is 10.9 Å². The normalized spacial score (nSPS) is 22.7. The van der Waals surface area contributed by atoms with Gasteiger partial charge < -0.3 is 31.7 Å². The molecule has 0 unspecified atom stereocenters. The number of nitrogens with zero attached hydrogens (tertiary/aromatic N) is 4. The first-order chi connectivity index (χ1) is 14.4. The smallest absolute Gasteiger partial charge is 0.302 e. The lowest BCUT2D eigenvalue weighted by atomic mass is 9.87. The highest BCUT2D eigenvalue weighted by atomic mass is 16.5. The molecule has 4 heterocycles. The number of carbonyl (C=O) groups excluding carboxylic acids is 2. The lowest BCUT2D eigenvalue weighted by Gasteiger charge is -2.40. The summed E-state index contributed by atoms with van der Waals surface area (Å²) in [5.74, 6) is 0.264. The number of aromatic nitrogens is 2. The monoisotopic (exact) mass is 416 g/mol. The second-order valence-corrected chi connectivity index (χ2v) is 8.16. The first-order valence-corrected chi connectivity index (χ1v) is 10.3. The fraction of sp³-hybridized carbons (Fsp3) is 0.632. The molecule has 1 spiro atoms. The standard InChI is InChI=1S/C19H28N8O3/c1-11-14(20)24-15(21)13(23-11)16(28)25-18-22-10-19(26-18)4-6-27(7-5-19)17(29)12-2-8-30-9-3-12/h12H,2-10H2,1H3,(H4,20,21,24)(H2,22,25,26,28). The molecule has 30 heavy (non-hydrogen) atoms. The van der Waals surface area contributed by atoms with Crippen LogP contribution in [0.3, 0.4) is 0 Å². The Bertz CT molecular complexity index is 873. The number of hydrogen-bond acceptors (Lipinski definition) is 7. The molecule has 0 atom stereocenters. The van der Waals surface area contributed by atoms with Crippen molar-refractivity contribution in [2.75, 3.05) is 44.3 Å². The maximum Gasteiger partial charge on any atom is 0.302 e. The van der Waals surface area contributed by atoms with Gasteiger partial charge in [-0.25, -0.2) is 9.97 Å². The Morgan fingerprint density at radius 2 is 1.87 bits per heavy atom. The van der Waals surface area contributed by atoms with E-state index in [1.807, 2.05) is 4.90 Å². The van der Waals surface area contributed by atoms with Gasteiger partial charge in [-0.2, -0.15) is 4.99 Å². The molecule has 1 aromatic rings. The Labute approximate surface area is 174 Å². The number of aryl methyl sites for hydroxylation is 1. The fourth-order valence-corrected chi connectivity index (χ4v) is 4.18. The van der Waals surface area contributed by atoms with E-state index in [0.29, 0.717) is 44.5 Å². The molecule has 3 fully saturated rings. The van der Waals surface area contributed by atoms with Gasteiger partial charge in [0.25, 0.3) is 0 Å². The van der Waals surface area contributed by atoms with Gasteiger partial charge in [0, 0.05) is 38.8 Å². The lowest BCUT2D eigenvalue weighted by molar-refractivity contribution is -0.140. The second-order valence-electron chi connectivity index (χ2n) is 8.16. The number of amides is 2. The maximum atomic E-state index is 12.7. The summed E-state index contributed by atoms with van der Waals surface area (Å²) in [7, 11) is 0. The van der Waals surface area contributed by atoms with E-state index in [1.54, 1.807) is 6.92 Å². The molecule has 3 aliphatic heterocycles. The van der Waals surface area contributed by atoms with Gasteiger partial charge in [0.15, 0.2) is 17.5 Å². The Morgan fingerprint density at radius 1 is 1.17 bits per heavy atom. The predicted molar refractivity (Wildman–Crippen MR) is 111 cm³/mol. The Hall–Kier alpha value is -2.95. The summed E-state index contributed by atoms with van der Waals surface area (Å²) in [6.45, 7) is 4.98. The highest BCUT2D eigenvalue weighted by Crippen LogP contribution is 2.27. The van der Waals surface area contributed by atoms with Crippen LogP contribution in [0.15, 0.2) is 4.99 Å². The van der Waals surface area contributed by atoms with E-state index in [2.05, 4.69) is 25.6 Å². The average Bonchev–Trinajstić information content (AvgIpc) is 3.13. The third-order valence-corrected chi connectivity index (χ3v) is 6.13. The van der Waals surface area contributed by atoms with Crippen molar-refractivity contribution in [2.45, 2.75) is 38.1 Å². The quantitative estimate of drug-likeness (QED) is 0.494. The minimum atomic E-state index is -0.581. The number of rotatable bonds is 2. The molecule has 4 rings (SSSR count). The molecule has 3 aliphatic rings. The van der Waals surface area contributed by atoms with Gasteiger partial charge in [0.05, 0.1) is 11.2 Å². The first kappa shape index (κ1) is 20.3. The summed E-state index contributed by atoms with van der Waals surface area (Å²) in [5, 5.41) is 6.49. The molecule has 3 saturated heterocycles. The zero-order chi connectivity index (χ0) is 21.3. The van der Waals surface area contributed by atoms with Gasteiger partial charge in [-0.1, -0.05) is 0 Å². The SMILES string of the molecule is Cc1nc(C(=O)/N=C2\NCC3(CCN(C(=O)C4CCOCC4)CC3)N2)c(N)nc1N. The van der Waals surface area contributed by atoms with Crippen LogP contribution in [0.25, 0.3) is 0 Å². The van der Waals surface area contributed by atoms with Crippen LogP contribution in [-0.4, -0.2) is 71.0 Å². The number of anilines is 2. The minimum absolute atomic E-state index is 0.0179. The third kappa shape index (κ3) is 4.02. The number of piperidine rings is 1. The fourth-order valence-electron chi connectivity index (χ4n) is 4.18. The summed E-state index contributed by atoms with van der Waals surface area (Å²) in [6, 6.07) is 0. The Balaban J connectivity index is 1.37. The number of aliphatic imine (C=N–C) groups is 1. The topological polar surface area (TPSA) is 161 Å². The number of carbonyl (C=O) groups is 2. The summed E-state index contributed by atoms with van der Waals surface area (Å²) in [6.07, 6.45) is 3.17. The van der Waals surface area contributed by atoms with Gasteiger partial charge >= 0.3 is 5.91 Å². The number of nitrogen functional groups attached to an aromatic ring is 2. The highest BCUT2D eigenvalue weighted by Gasteiger charge is 2.41. The number of nitrogens with two attached hydrogens (primary N) is 2. The molecule has 6 N–H and O–H groups in total. The second kappa shape index (κ2) is 8.05. The van der Waals surface area contributed by atoms with Crippen LogP contribution >= 0.6 is 0 Å². The molecule has 0 aromatic carbocycles. The van der Waals surface area contributed by atoms with Crippen LogP contribution in [-0.2, 0) is 9.53 Å². The molecule has 2 amide bonds. The third-order valence-electron chi connectivity index (χ3n) is 6.13. The lowest BCUT2D eigenvalue weighted by Crippen LogP contribution is -2.54.